The first kappa shape index (κ1) is 18.7. The highest BCUT2D eigenvalue weighted by atomic mass is 35.5. The lowest BCUT2D eigenvalue weighted by molar-refractivity contribution is 0.626. The molecule has 0 bridgehead atoms. The minimum Gasteiger partial charge on any atom is -0.257 e. The average Bonchev–Trinajstić information content (AvgIpc) is 3.13. The Labute approximate surface area is 173 Å². The van der Waals surface area contributed by atoms with Crippen molar-refractivity contribution >= 4 is 40.7 Å². The van der Waals surface area contributed by atoms with Crippen LogP contribution in [0.1, 0.15) is 23.6 Å². The summed E-state index contributed by atoms with van der Waals surface area (Å²) < 4.78 is 13.4. The SMILES string of the molecule is Fc1ccc(N2N=C(/C=C\c3ccc(Cl)cc3)C[C@@H]2c2ccc(Cl)cc2)cc1. The minimum atomic E-state index is -0.266. The third-order valence-electron chi connectivity index (χ3n) is 4.62. The first-order valence-electron chi connectivity index (χ1n) is 8.90. The van der Waals surface area contributed by atoms with Gasteiger partial charge in [-0.05, 0) is 65.7 Å². The third-order valence-corrected chi connectivity index (χ3v) is 5.12. The van der Waals surface area contributed by atoms with Gasteiger partial charge in [-0.2, -0.15) is 5.10 Å². The average molecular weight is 411 g/mol. The Morgan fingerprint density at radius 1 is 0.821 bits per heavy atom. The fraction of sp³-hybridized carbons (Fsp3) is 0.0870. The second-order valence-corrected chi connectivity index (χ2v) is 7.44. The summed E-state index contributed by atoms with van der Waals surface area (Å²) in [6.45, 7) is 0. The molecule has 1 heterocycles. The standard InChI is InChI=1S/C23H17Cl2FN2/c24-18-6-1-16(2-7-18)3-12-21-15-23(17-4-8-19(25)9-5-17)28(27-21)22-13-10-20(26)11-14-22/h1-14,23H,15H2/b12-3-/t23-/m1/s1. The Morgan fingerprint density at radius 3 is 2.07 bits per heavy atom. The van der Waals surface area contributed by atoms with Crippen LogP contribution in [0.25, 0.3) is 6.08 Å². The van der Waals surface area contributed by atoms with Gasteiger partial charge in [-0.25, -0.2) is 4.39 Å². The predicted octanol–water partition coefficient (Wildman–Crippen LogP) is 7.15. The molecule has 0 saturated heterocycles. The first-order chi connectivity index (χ1) is 13.6. The molecule has 0 amide bonds. The maximum atomic E-state index is 13.4. The van der Waals surface area contributed by atoms with E-state index in [0.29, 0.717) is 10.0 Å². The van der Waals surface area contributed by atoms with E-state index in [2.05, 4.69) is 0 Å². The van der Waals surface area contributed by atoms with Gasteiger partial charge in [0.1, 0.15) is 5.82 Å². The summed E-state index contributed by atoms with van der Waals surface area (Å²) in [5, 5.41) is 8.12. The van der Waals surface area contributed by atoms with Gasteiger partial charge in [0.05, 0.1) is 17.4 Å². The van der Waals surface area contributed by atoms with Gasteiger partial charge in [0.25, 0.3) is 0 Å². The third kappa shape index (κ3) is 4.27. The van der Waals surface area contributed by atoms with Crippen LogP contribution in [0.2, 0.25) is 10.0 Å². The number of rotatable bonds is 4. The molecular weight excluding hydrogens is 394 g/mol. The van der Waals surface area contributed by atoms with Crippen LogP contribution in [0.15, 0.2) is 84.0 Å². The van der Waals surface area contributed by atoms with Crippen molar-refractivity contribution in [1.29, 1.82) is 0 Å². The van der Waals surface area contributed by atoms with Crippen LogP contribution in [0.4, 0.5) is 10.1 Å². The van der Waals surface area contributed by atoms with Crippen LogP contribution in [-0.4, -0.2) is 5.71 Å². The molecule has 1 aliphatic rings. The largest absolute Gasteiger partial charge is 0.257 e. The Bertz CT molecular complexity index is 1010. The topological polar surface area (TPSA) is 15.6 Å². The zero-order valence-corrected chi connectivity index (χ0v) is 16.4. The van der Waals surface area contributed by atoms with Gasteiger partial charge in [0.15, 0.2) is 0 Å². The predicted molar refractivity (Wildman–Crippen MR) is 116 cm³/mol. The highest BCUT2D eigenvalue weighted by Crippen LogP contribution is 2.36. The molecule has 1 aliphatic heterocycles. The van der Waals surface area contributed by atoms with Crippen molar-refractivity contribution in [3.63, 3.8) is 0 Å². The van der Waals surface area contributed by atoms with Crippen LogP contribution in [-0.2, 0) is 0 Å². The summed E-state index contributed by atoms with van der Waals surface area (Å²) in [6.07, 6.45) is 4.76. The number of anilines is 1. The molecule has 0 aliphatic carbocycles. The summed E-state index contributed by atoms with van der Waals surface area (Å²) >= 11 is 12.0. The number of benzene rings is 3. The molecule has 28 heavy (non-hydrogen) atoms. The van der Waals surface area contributed by atoms with Crippen molar-refractivity contribution in [2.45, 2.75) is 12.5 Å². The van der Waals surface area contributed by atoms with Gasteiger partial charge < -0.3 is 0 Å². The molecule has 5 heteroatoms. The Balaban J connectivity index is 1.64. The normalized spacial score (nSPS) is 16.6. The summed E-state index contributed by atoms with van der Waals surface area (Å²) in [6, 6.07) is 21.8. The summed E-state index contributed by atoms with van der Waals surface area (Å²) in [5.41, 5.74) is 3.94. The van der Waals surface area contributed by atoms with E-state index in [1.54, 1.807) is 12.1 Å². The zero-order valence-electron chi connectivity index (χ0n) is 14.9. The number of allylic oxidation sites excluding steroid dienone is 1. The maximum absolute atomic E-state index is 13.4. The Morgan fingerprint density at radius 2 is 1.43 bits per heavy atom. The van der Waals surface area contributed by atoms with E-state index in [9.17, 15) is 4.39 Å². The number of hydrogen-bond acceptors (Lipinski definition) is 2. The van der Waals surface area contributed by atoms with E-state index >= 15 is 0 Å². The van der Waals surface area contributed by atoms with Crippen LogP contribution in [0, 0.1) is 5.82 Å². The molecule has 2 nitrogen and oxygen atoms in total. The van der Waals surface area contributed by atoms with Crippen LogP contribution < -0.4 is 5.01 Å². The quantitative estimate of drug-likeness (QED) is 0.445. The first-order valence-corrected chi connectivity index (χ1v) is 9.65. The highest BCUT2D eigenvalue weighted by molar-refractivity contribution is 6.30. The molecule has 3 aromatic rings. The number of nitrogens with zero attached hydrogens (tertiary/aromatic N) is 2. The van der Waals surface area contributed by atoms with Crippen LogP contribution in [0.5, 0.6) is 0 Å². The Kier molecular flexibility index (Phi) is 5.47. The molecule has 0 N–H and O–H groups in total. The molecule has 0 fully saturated rings. The highest BCUT2D eigenvalue weighted by Gasteiger charge is 2.28. The lowest BCUT2D eigenvalue weighted by atomic mass is 10.0. The van der Waals surface area contributed by atoms with E-state index in [-0.39, 0.29) is 11.9 Å². The number of hydrazone groups is 1. The van der Waals surface area contributed by atoms with Gasteiger partial charge in [-0.15, -0.1) is 0 Å². The molecule has 0 radical (unpaired) electrons. The summed E-state index contributed by atoms with van der Waals surface area (Å²) in [7, 11) is 0. The second kappa shape index (κ2) is 8.17. The lowest BCUT2D eigenvalue weighted by Crippen LogP contribution is -2.18. The van der Waals surface area contributed by atoms with Gasteiger partial charge in [0, 0.05) is 16.5 Å². The molecule has 3 aromatic carbocycles. The molecule has 0 aromatic heterocycles. The molecule has 4 rings (SSSR count). The smallest absolute Gasteiger partial charge is 0.123 e. The van der Waals surface area contributed by atoms with E-state index in [1.165, 1.54) is 12.1 Å². The van der Waals surface area contributed by atoms with Crippen molar-refractivity contribution in [2.24, 2.45) is 5.10 Å². The van der Waals surface area contributed by atoms with Crippen LogP contribution in [0.3, 0.4) is 0 Å². The fourth-order valence-corrected chi connectivity index (χ4v) is 3.43. The van der Waals surface area contributed by atoms with E-state index in [1.807, 2.05) is 65.7 Å². The molecule has 0 saturated carbocycles. The Hall–Kier alpha value is -2.62. The van der Waals surface area contributed by atoms with Crippen molar-refractivity contribution in [3.05, 3.63) is 106 Å². The summed E-state index contributed by atoms with van der Waals surface area (Å²) in [4.78, 5) is 0. The second-order valence-electron chi connectivity index (χ2n) is 6.57. The minimum absolute atomic E-state index is 0.0209. The van der Waals surface area contributed by atoms with Crippen molar-refractivity contribution in [3.8, 4) is 0 Å². The lowest BCUT2D eigenvalue weighted by Gasteiger charge is -2.24. The van der Waals surface area contributed by atoms with Gasteiger partial charge in [-0.3, -0.25) is 5.01 Å². The van der Waals surface area contributed by atoms with Crippen molar-refractivity contribution in [1.82, 2.24) is 0 Å². The van der Waals surface area contributed by atoms with Crippen LogP contribution >= 0.6 is 23.2 Å². The van der Waals surface area contributed by atoms with Crippen molar-refractivity contribution in [2.75, 3.05) is 5.01 Å². The molecule has 0 unspecified atom stereocenters. The van der Waals surface area contributed by atoms with E-state index < -0.39 is 0 Å². The van der Waals surface area contributed by atoms with Gasteiger partial charge >= 0.3 is 0 Å². The van der Waals surface area contributed by atoms with E-state index in [0.717, 1.165) is 28.9 Å². The molecule has 0 spiro atoms. The molecular formula is C23H17Cl2FN2. The molecule has 1 atom stereocenters. The monoisotopic (exact) mass is 410 g/mol. The number of halogens is 3. The zero-order chi connectivity index (χ0) is 19.5. The van der Waals surface area contributed by atoms with Gasteiger partial charge in [-0.1, -0.05) is 53.5 Å². The maximum Gasteiger partial charge on any atom is 0.123 e. The molecule has 140 valence electrons. The van der Waals surface area contributed by atoms with E-state index in [4.69, 9.17) is 28.3 Å². The number of hydrogen-bond donors (Lipinski definition) is 0. The summed E-state index contributed by atoms with van der Waals surface area (Å²) in [5.74, 6) is -0.266. The van der Waals surface area contributed by atoms with Gasteiger partial charge in [0.2, 0.25) is 0 Å². The fourth-order valence-electron chi connectivity index (χ4n) is 3.18. The van der Waals surface area contributed by atoms with Crippen molar-refractivity contribution < 1.29 is 4.39 Å².